The maximum absolute atomic E-state index is 12.4. The fourth-order valence-electron chi connectivity index (χ4n) is 14.8. The number of aliphatic hydroxyl groups excluding tert-OH is 5. The normalized spacial score (nSPS) is 52.8. The number of aliphatic hydroxyl groups is 6. The van der Waals surface area contributed by atoms with Crippen LogP contribution in [-0.4, -0.2) is 141 Å². The Kier molecular flexibility index (Phi) is 12.1. The van der Waals surface area contributed by atoms with Crippen LogP contribution < -0.4 is 0 Å². The SMILES string of the molecule is CC(=O)O[C@@H]1[C@@H](OC(C)=O)[C@H](O[C@H]2CC[C@@]3(C)[C@@H]([C@@H](O[C@@H]4OC[C@@H](O)[C@H](O)[C@H]4O)C[C@H]4[C@]5(C)C[C@H](O)[C@H]([C@@]6(C)CC[C@@H](C(C)(C)O)O6)[C@@]5(C)CC[C@]43C)C2(C)C)OC[C@H]1O. The molecule has 4 aliphatic carbocycles. The Morgan fingerprint density at radius 2 is 1.23 bits per heavy atom. The third-order valence-electron chi connectivity index (χ3n) is 17.9. The lowest BCUT2D eigenvalue weighted by Crippen LogP contribution is -2.71. The van der Waals surface area contributed by atoms with Gasteiger partial charge in [-0.3, -0.25) is 9.59 Å². The van der Waals surface area contributed by atoms with E-state index in [-0.39, 0.29) is 47.9 Å². The van der Waals surface area contributed by atoms with E-state index in [9.17, 15) is 40.2 Å². The highest BCUT2D eigenvalue weighted by molar-refractivity contribution is 5.67. The second-order valence-corrected chi connectivity index (χ2v) is 22.1. The Balaban J connectivity index is 1.26. The Morgan fingerprint density at radius 3 is 1.85 bits per heavy atom. The van der Waals surface area contributed by atoms with E-state index >= 15 is 0 Å². The van der Waals surface area contributed by atoms with Gasteiger partial charge in [-0.05, 0) is 111 Å². The minimum Gasteiger partial charge on any atom is -0.455 e. The Labute approximate surface area is 355 Å². The van der Waals surface area contributed by atoms with Gasteiger partial charge in [0, 0.05) is 19.8 Å². The molecule has 20 atom stereocenters. The van der Waals surface area contributed by atoms with Gasteiger partial charge in [-0.15, -0.1) is 0 Å². The standard InChI is InChI=1S/C45H74O15/c1-22(46)56-33-26(50)21-55-38(34(33)57-23(2)47)59-29-12-14-42(8)36(39(29,3)4)27(58-37-32(52)31(51)25(49)20-54-37)18-28-41(42,7)16-17-43(9)35(24(48)19-44(28,43)10)45(11)15-13-30(60-45)40(5,6)53/h24-38,48-53H,12-21H2,1-11H3/t24-,25+,26+,27-,28+,29-,30-,31-,32+,33-,34+,35-,36-,37-,38-,41+,42-,43+,44-,45+/m0/s1. The van der Waals surface area contributed by atoms with Crippen molar-refractivity contribution in [2.45, 2.75) is 212 Å². The number of carbonyl (C=O) groups excluding carboxylic acids is 2. The average molecular weight is 855 g/mol. The van der Waals surface area contributed by atoms with Gasteiger partial charge in [0.15, 0.2) is 24.8 Å². The van der Waals surface area contributed by atoms with Gasteiger partial charge in [0.1, 0.15) is 24.4 Å². The van der Waals surface area contributed by atoms with Crippen LogP contribution in [0.3, 0.4) is 0 Å². The lowest BCUT2D eigenvalue weighted by Gasteiger charge is -2.73. The van der Waals surface area contributed by atoms with Crippen molar-refractivity contribution in [3.63, 3.8) is 0 Å². The Hall–Kier alpha value is -1.50. The maximum atomic E-state index is 12.4. The highest BCUT2D eigenvalue weighted by atomic mass is 16.7. The molecule has 3 heterocycles. The molecule has 7 rings (SSSR count). The smallest absolute Gasteiger partial charge is 0.303 e. The van der Waals surface area contributed by atoms with Crippen LogP contribution in [0, 0.1) is 44.8 Å². The van der Waals surface area contributed by atoms with Crippen LogP contribution in [0.25, 0.3) is 0 Å². The van der Waals surface area contributed by atoms with E-state index in [2.05, 4.69) is 48.5 Å². The molecule has 0 bridgehead atoms. The maximum Gasteiger partial charge on any atom is 0.303 e. The van der Waals surface area contributed by atoms with E-state index in [0.717, 1.165) is 19.3 Å². The van der Waals surface area contributed by atoms with E-state index in [1.54, 1.807) is 13.8 Å². The zero-order valence-corrected chi connectivity index (χ0v) is 37.6. The summed E-state index contributed by atoms with van der Waals surface area (Å²) >= 11 is 0. The number of fused-ring (bicyclic) bond motifs is 5. The van der Waals surface area contributed by atoms with Crippen molar-refractivity contribution < 1.29 is 73.4 Å². The van der Waals surface area contributed by atoms with Crippen molar-refractivity contribution in [2.24, 2.45) is 44.8 Å². The minimum absolute atomic E-state index is 0.0234. The van der Waals surface area contributed by atoms with Crippen molar-refractivity contribution in [3.8, 4) is 0 Å². The van der Waals surface area contributed by atoms with Crippen molar-refractivity contribution in [1.82, 2.24) is 0 Å². The van der Waals surface area contributed by atoms with Crippen molar-refractivity contribution in [1.29, 1.82) is 0 Å². The number of ether oxygens (including phenoxy) is 7. The van der Waals surface area contributed by atoms with Crippen LogP contribution in [0.2, 0.25) is 0 Å². The van der Waals surface area contributed by atoms with Gasteiger partial charge in [0.25, 0.3) is 0 Å². The Bertz CT molecular complexity index is 1620. The number of hydrogen-bond donors (Lipinski definition) is 6. The zero-order valence-electron chi connectivity index (χ0n) is 37.6. The van der Waals surface area contributed by atoms with Gasteiger partial charge < -0.3 is 63.8 Å². The molecule has 7 fully saturated rings. The third-order valence-corrected chi connectivity index (χ3v) is 17.9. The highest BCUT2D eigenvalue weighted by Crippen LogP contribution is 2.79. The second-order valence-electron chi connectivity index (χ2n) is 22.1. The van der Waals surface area contributed by atoms with E-state index in [1.807, 2.05) is 0 Å². The fourth-order valence-corrected chi connectivity index (χ4v) is 14.8. The molecule has 0 aromatic rings. The van der Waals surface area contributed by atoms with Gasteiger partial charge in [0.2, 0.25) is 0 Å². The topological polar surface area (TPSA) is 220 Å². The molecule has 7 aliphatic rings. The number of hydrogen-bond acceptors (Lipinski definition) is 15. The number of carbonyl (C=O) groups is 2. The first kappa shape index (κ1) is 46.5. The summed E-state index contributed by atoms with van der Waals surface area (Å²) in [7, 11) is 0. The first-order chi connectivity index (χ1) is 27.6. The van der Waals surface area contributed by atoms with Gasteiger partial charge >= 0.3 is 11.9 Å². The molecule has 15 heteroatoms. The molecule has 3 saturated heterocycles. The number of esters is 2. The van der Waals surface area contributed by atoms with Crippen LogP contribution in [0.4, 0.5) is 0 Å². The molecular weight excluding hydrogens is 780 g/mol. The highest BCUT2D eigenvalue weighted by Gasteiger charge is 2.77. The predicted molar refractivity (Wildman–Crippen MR) is 214 cm³/mol. The second kappa shape index (κ2) is 15.6. The first-order valence-electron chi connectivity index (χ1n) is 22.3. The fraction of sp³-hybridized carbons (Fsp3) is 0.956. The predicted octanol–water partition coefficient (Wildman–Crippen LogP) is 3.14. The molecule has 344 valence electrons. The Morgan fingerprint density at radius 1 is 0.650 bits per heavy atom. The van der Waals surface area contributed by atoms with Crippen LogP contribution >= 0.6 is 0 Å². The van der Waals surface area contributed by atoms with Gasteiger partial charge in [-0.25, -0.2) is 0 Å². The molecule has 0 unspecified atom stereocenters. The molecule has 0 amide bonds. The summed E-state index contributed by atoms with van der Waals surface area (Å²) in [5.74, 6) is -1.71. The van der Waals surface area contributed by atoms with Crippen molar-refractivity contribution >= 4 is 11.9 Å². The van der Waals surface area contributed by atoms with Crippen molar-refractivity contribution in [2.75, 3.05) is 13.2 Å². The molecular formula is C45H74O15. The van der Waals surface area contributed by atoms with E-state index in [1.165, 1.54) is 13.8 Å². The van der Waals surface area contributed by atoms with Crippen molar-refractivity contribution in [3.05, 3.63) is 0 Å². The van der Waals surface area contributed by atoms with Crippen LogP contribution in [0.1, 0.15) is 128 Å². The molecule has 60 heavy (non-hydrogen) atoms. The summed E-state index contributed by atoms with van der Waals surface area (Å²) in [5.41, 5.74) is -3.77. The van der Waals surface area contributed by atoms with Gasteiger partial charge in [-0.2, -0.15) is 0 Å². The minimum atomic E-state index is -1.51. The lowest BCUT2D eigenvalue weighted by molar-refractivity contribution is -0.347. The summed E-state index contributed by atoms with van der Waals surface area (Å²) in [6.07, 6.45) is -6.85. The van der Waals surface area contributed by atoms with Gasteiger partial charge in [0.05, 0.1) is 48.8 Å². The van der Waals surface area contributed by atoms with E-state index in [0.29, 0.717) is 32.1 Å². The monoisotopic (exact) mass is 855 g/mol. The largest absolute Gasteiger partial charge is 0.455 e. The molecule has 15 nitrogen and oxygen atoms in total. The van der Waals surface area contributed by atoms with E-state index < -0.39 is 107 Å². The quantitative estimate of drug-likeness (QED) is 0.153. The molecule has 4 saturated carbocycles. The molecule has 0 aromatic heterocycles. The lowest BCUT2D eigenvalue weighted by atomic mass is 9.32. The summed E-state index contributed by atoms with van der Waals surface area (Å²) in [4.78, 5) is 24.5. The third kappa shape index (κ3) is 7.20. The molecule has 6 N–H and O–H groups in total. The molecule has 0 radical (unpaired) electrons. The zero-order chi connectivity index (χ0) is 44.3. The van der Waals surface area contributed by atoms with Crippen LogP contribution in [0.5, 0.6) is 0 Å². The van der Waals surface area contributed by atoms with Gasteiger partial charge in [-0.1, -0.05) is 41.5 Å². The molecule has 0 aromatic carbocycles. The van der Waals surface area contributed by atoms with Crippen LogP contribution in [0.15, 0.2) is 0 Å². The van der Waals surface area contributed by atoms with E-state index in [4.69, 9.17) is 33.2 Å². The summed E-state index contributed by atoms with van der Waals surface area (Å²) < 4.78 is 43.6. The summed E-state index contributed by atoms with van der Waals surface area (Å²) in [6, 6.07) is 0. The van der Waals surface area contributed by atoms with Crippen LogP contribution in [-0.2, 0) is 42.7 Å². The number of rotatable bonds is 8. The molecule has 3 aliphatic heterocycles. The molecule has 0 spiro atoms. The summed E-state index contributed by atoms with van der Waals surface area (Å²) in [6.45, 7) is 21.4. The average Bonchev–Trinajstić information content (AvgIpc) is 3.63. The first-order valence-corrected chi connectivity index (χ1v) is 22.3. The summed E-state index contributed by atoms with van der Waals surface area (Å²) in [5, 5.41) is 66.5.